The smallest absolute Gasteiger partial charge is 0.0541 e. The van der Waals surface area contributed by atoms with Crippen LogP contribution in [0.25, 0.3) is 0 Å². The van der Waals surface area contributed by atoms with Crippen molar-refractivity contribution < 1.29 is 0 Å². The minimum Gasteiger partial charge on any atom is -0.372 e. The number of nitrogens with zero attached hydrogens (tertiary/aromatic N) is 1. The topological polar surface area (TPSA) is 71.1 Å². The summed E-state index contributed by atoms with van der Waals surface area (Å²) in [5.74, 6) is 0. The third kappa shape index (κ3) is 2.25. The first-order valence-corrected chi connectivity index (χ1v) is 4.03. The lowest BCUT2D eigenvalue weighted by Crippen LogP contribution is -2.40. The van der Waals surface area contributed by atoms with Gasteiger partial charge in [0.05, 0.1) is 5.69 Å². The van der Waals surface area contributed by atoms with Crippen molar-refractivity contribution in [2.45, 2.75) is 6.04 Å². The van der Waals surface area contributed by atoms with E-state index in [-0.39, 0.29) is 6.04 Å². The monoisotopic (exact) mass is 168 g/mol. The van der Waals surface area contributed by atoms with Crippen LogP contribution in [-0.2, 0) is 0 Å². The highest BCUT2D eigenvalue weighted by atomic mass is 15.1. The maximum Gasteiger partial charge on any atom is 0.0541 e. The molecule has 0 spiro atoms. The Bertz CT molecular complexity index is 207. The van der Waals surface area contributed by atoms with Crippen LogP contribution in [0.2, 0.25) is 0 Å². The summed E-state index contributed by atoms with van der Waals surface area (Å²) in [4.78, 5) is 5.07. The molecule has 1 aromatic rings. The molecule has 1 heterocycles. The number of likely N-dealkylation sites (N-methyl/N-ethyl adjacent to an activating group) is 1. The lowest BCUT2D eigenvalue weighted by Gasteiger charge is -2.20. The van der Waals surface area contributed by atoms with Crippen LogP contribution in [0, 0.1) is 0 Å². The molecule has 4 heteroatoms. The predicted molar refractivity (Wildman–Crippen MR) is 51.1 cm³/mol. The number of hydrogen-bond acceptors (Lipinski definition) is 3. The minimum absolute atomic E-state index is 0.0462. The van der Waals surface area contributed by atoms with Gasteiger partial charge in [0, 0.05) is 38.6 Å². The molecule has 12 heavy (non-hydrogen) atoms. The lowest BCUT2D eigenvalue weighted by atomic mass is 10.3. The van der Waals surface area contributed by atoms with Gasteiger partial charge in [0.2, 0.25) is 0 Å². The number of aromatic nitrogens is 1. The number of nitrogens with two attached hydrogens (primary N) is 2. The molecule has 0 saturated carbocycles. The van der Waals surface area contributed by atoms with Crippen LogP contribution in [0.15, 0.2) is 18.5 Å². The van der Waals surface area contributed by atoms with Crippen LogP contribution in [0.1, 0.15) is 0 Å². The zero-order valence-electron chi connectivity index (χ0n) is 7.33. The maximum absolute atomic E-state index is 5.70. The minimum atomic E-state index is 0.0462. The molecule has 0 aliphatic carbocycles. The van der Waals surface area contributed by atoms with Crippen molar-refractivity contribution in [1.29, 1.82) is 0 Å². The van der Waals surface area contributed by atoms with Gasteiger partial charge in [0.1, 0.15) is 0 Å². The second kappa shape index (κ2) is 4.13. The van der Waals surface area contributed by atoms with Crippen LogP contribution in [-0.4, -0.2) is 31.2 Å². The zero-order chi connectivity index (χ0) is 8.97. The third-order valence-electron chi connectivity index (χ3n) is 1.83. The van der Waals surface area contributed by atoms with Crippen molar-refractivity contribution in [3.05, 3.63) is 18.5 Å². The Morgan fingerprint density at radius 2 is 2.42 bits per heavy atom. The molecule has 0 aliphatic rings. The van der Waals surface area contributed by atoms with Crippen molar-refractivity contribution in [3.63, 3.8) is 0 Å². The van der Waals surface area contributed by atoms with E-state index in [1.54, 1.807) is 0 Å². The molecule has 1 aromatic heterocycles. The van der Waals surface area contributed by atoms with E-state index in [4.69, 9.17) is 11.5 Å². The highest BCUT2D eigenvalue weighted by Gasteiger charge is 2.05. The fourth-order valence-corrected chi connectivity index (χ4v) is 1.08. The molecule has 0 fully saturated rings. The van der Waals surface area contributed by atoms with Gasteiger partial charge in [-0.05, 0) is 6.07 Å². The molecule has 4 nitrogen and oxygen atoms in total. The second-order valence-electron chi connectivity index (χ2n) is 2.95. The molecular weight excluding hydrogens is 152 g/mol. The number of hydrogen-bond donors (Lipinski definition) is 3. The summed E-state index contributed by atoms with van der Waals surface area (Å²) in [6.45, 7) is 1.31. The molecule has 0 aromatic carbocycles. The van der Waals surface area contributed by atoms with Gasteiger partial charge in [-0.3, -0.25) is 0 Å². The fourth-order valence-electron chi connectivity index (χ4n) is 1.08. The summed E-state index contributed by atoms with van der Waals surface area (Å²) in [5.41, 5.74) is 12.3. The lowest BCUT2D eigenvalue weighted by molar-refractivity contribution is 0.668. The molecule has 1 unspecified atom stereocenters. The van der Waals surface area contributed by atoms with Gasteiger partial charge in [-0.15, -0.1) is 0 Å². The van der Waals surface area contributed by atoms with Crippen molar-refractivity contribution in [2.75, 3.05) is 25.0 Å². The molecule has 0 aliphatic heterocycles. The molecule has 0 amide bonds. The number of rotatable bonds is 4. The van der Waals surface area contributed by atoms with E-state index in [2.05, 4.69) is 9.88 Å². The van der Waals surface area contributed by atoms with Gasteiger partial charge in [0.25, 0.3) is 0 Å². The van der Waals surface area contributed by atoms with E-state index in [0.29, 0.717) is 6.54 Å². The number of anilines is 1. The molecular formula is C8H16N4. The van der Waals surface area contributed by atoms with E-state index < -0.39 is 0 Å². The average Bonchev–Trinajstić information content (AvgIpc) is 2.56. The summed E-state index contributed by atoms with van der Waals surface area (Å²) in [6, 6.07) is 2.05. The molecule has 0 radical (unpaired) electrons. The molecule has 68 valence electrons. The summed E-state index contributed by atoms with van der Waals surface area (Å²) in [6.07, 6.45) is 3.82. The Kier molecular flexibility index (Phi) is 3.13. The van der Waals surface area contributed by atoms with Crippen molar-refractivity contribution in [1.82, 2.24) is 4.98 Å². The average molecular weight is 168 g/mol. The SMILES string of the molecule is CN(CC(N)CN)c1cc[nH]c1. The Morgan fingerprint density at radius 3 is 2.92 bits per heavy atom. The van der Waals surface area contributed by atoms with Crippen LogP contribution >= 0.6 is 0 Å². The highest BCUT2D eigenvalue weighted by Crippen LogP contribution is 2.09. The van der Waals surface area contributed by atoms with Crippen LogP contribution in [0.3, 0.4) is 0 Å². The van der Waals surface area contributed by atoms with E-state index in [1.165, 1.54) is 0 Å². The van der Waals surface area contributed by atoms with E-state index >= 15 is 0 Å². The molecule has 0 saturated heterocycles. The van der Waals surface area contributed by atoms with Gasteiger partial charge < -0.3 is 21.4 Å². The van der Waals surface area contributed by atoms with E-state index in [0.717, 1.165) is 12.2 Å². The number of H-pyrrole nitrogens is 1. The Labute approximate surface area is 72.5 Å². The first kappa shape index (κ1) is 9.09. The first-order valence-electron chi connectivity index (χ1n) is 4.03. The Balaban J connectivity index is 2.44. The number of nitrogens with one attached hydrogen (secondary N) is 1. The van der Waals surface area contributed by atoms with Crippen molar-refractivity contribution in [3.8, 4) is 0 Å². The molecule has 1 atom stereocenters. The van der Waals surface area contributed by atoms with Gasteiger partial charge in [-0.2, -0.15) is 0 Å². The van der Waals surface area contributed by atoms with E-state index in [9.17, 15) is 0 Å². The van der Waals surface area contributed by atoms with Gasteiger partial charge in [-0.25, -0.2) is 0 Å². The highest BCUT2D eigenvalue weighted by molar-refractivity contribution is 5.43. The number of aromatic amines is 1. The van der Waals surface area contributed by atoms with Crippen molar-refractivity contribution in [2.24, 2.45) is 11.5 Å². The zero-order valence-corrected chi connectivity index (χ0v) is 7.33. The van der Waals surface area contributed by atoms with Crippen LogP contribution in [0.4, 0.5) is 5.69 Å². The van der Waals surface area contributed by atoms with Gasteiger partial charge >= 0.3 is 0 Å². The van der Waals surface area contributed by atoms with E-state index in [1.807, 2.05) is 25.5 Å². The summed E-state index contributed by atoms with van der Waals surface area (Å²) < 4.78 is 0. The molecule has 0 bridgehead atoms. The molecule has 1 rings (SSSR count). The second-order valence-corrected chi connectivity index (χ2v) is 2.95. The molecule has 5 N–H and O–H groups in total. The Hall–Kier alpha value is -1.00. The predicted octanol–water partition coefficient (Wildman–Crippen LogP) is -0.263. The van der Waals surface area contributed by atoms with Gasteiger partial charge in [-0.1, -0.05) is 0 Å². The van der Waals surface area contributed by atoms with Gasteiger partial charge in [0.15, 0.2) is 0 Å². The summed E-state index contributed by atoms with van der Waals surface area (Å²) in [5, 5.41) is 0. The summed E-state index contributed by atoms with van der Waals surface area (Å²) >= 11 is 0. The quantitative estimate of drug-likeness (QED) is 0.580. The first-order chi connectivity index (χ1) is 5.74. The third-order valence-corrected chi connectivity index (χ3v) is 1.83. The van der Waals surface area contributed by atoms with Crippen molar-refractivity contribution >= 4 is 5.69 Å². The van der Waals surface area contributed by atoms with Crippen LogP contribution in [0.5, 0.6) is 0 Å². The standard InChI is InChI=1S/C8H16N4/c1-12(6-7(10)4-9)8-2-3-11-5-8/h2-3,5,7,11H,4,6,9-10H2,1H3. The summed E-state index contributed by atoms with van der Waals surface area (Å²) in [7, 11) is 2.00. The van der Waals surface area contributed by atoms with Crippen LogP contribution < -0.4 is 16.4 Å². The Morgan fingerprint density at radius 1 is 1.67 bits per heavy atom. The fraction of sp³-hybridized carbons (Fsp3) is 0.500. The maximum atomic E-state index is 5.70. The largest absolute Gasteiger partial charge is 0.372 e. The normalized spacial score (nSPS) is 12.9.